The monoisotopic (exact) mass is 710 g/mol. The van der Waals surface area contributed by atoms with Gasteiger partial charge in [-0.25, -0.2) is 4.98 Å². The summed E-state index contributed by atoms with van der Waals surface area (Å²) in [7, 11) is 0. The third kappa shape index (κ3) is 4.94. The van der Waals surface area contributed by atoms with Crippen LogP contribution in [0.15, 0.2) is 191 Å². The largest absolute Gasteiger partial charge is 0.456 e. The topological polar surface area (TPSA) is 42.4 Å². The van der Waals surface area contributed by atoms with Crippen LogP contribution in [0.25, 0.3) is 86.9 Å². The van der Waals surface area contributed by atoms with Crippen LogP contribution in [0.5, 0.6) is 0 Å². The van der Waals surface area contributed by atoms with Crippen molar-refractivity contribution in [3.05, 3.63) is 182 Å². The van der Waals surface area contributed by atoms with E-state index in [4.69, 9.17) is 13.8 Å². The molecule has 0 aliphatic heterocycles. The SMILES string of the molecule is c1ccc(-c2ccc(N(c3cccc(-c4cccc5c4sc4ccccc45)c3)c3c4nc(-c5ccccc5)oc4cc4oc5ccccc5c34)cc2)cc1. The summed E-state index contributed by atoms with van der Waals surface area (Å²) in [6, 6.07) is 63.8. The Morgan fingerprint density at radius 1 is 0.444 bits per heavy atom. The summed E-state index contributed by atoms with van der Waals surface area (Å²) in [5.41, 5.74) is 11.5. The van der Waals surface area contributed by atoms with E-state index < -0.39 is 0 Å². The zero-order valence-corrected chi connectivity index (χ0v) is 29.8. The average molecular weight is 711 g/mol. The van der Waals surface area contributed by atoms with Gasteiger partial charge < -0.3 is 13.7 Å². The number of oxazole rings is 1. The number of furan rings is 1. The maximum atomic E-state index is 6.57. The minimum Gasteiger partial charge on any atom is -0.456 e. The molecule has 0 radical (unpaired) electrons. The van der Waals surface area contributed by atoms with Crippen molar-refractivity contribution in [2.24, 2.45) is 0 Å². The Morgan fingerprint density at radius 3 is 1.94 bits per heavy atom. The number of thiophene rings is 1. The lowest BCUT2D eigenvalue weighted by atomic mass is 10.0. The predicted octanol–water partition coefficient (Wildman–Crippen LogP) is 14.6. The van der Waals surface area contributed by atoms with Crippen LogP contribution < -0.4 is 4.90 Å². The molecule has 3 heterocycles. The van der Waals surface area contributed by atoms with Crippen LogP contribution >= 0.6 is 11.3 Å². The number of anilines is 3. The number of rotatable bonds is 6. The first-order chi connectivity index (χ1) is 26.8. The van der Waals surface area contributed by atoms with Crippen LogP contribution in [0.1, 0.15) is 0 Å². The van der Waals surface area contributed by atoms with Gasteiger partial charge >= 0.3 is 0 Å². The van der Waals surface area contributed by atoms with Gasteiger partial charge in [0.2, 0.25) is 5.89 Å². The van der Waals surface area contributed by atoms with Crippen LogP contribution in [0.2, 0.25) is 0 Å². The highest BCUT2D eigenvalue weighted by atomic mass is 32.1. The van der Waals surface area contributed by atoms with E-state index in [9.17, 15) is 0 Å². The van der Waals surface area contributed by atoms with E-state index in [-0.39, 0.29) is 0 Å². The molecule has 4 nitrogen and oxygen atoms in total. The van der Waals surface area contributed by atoms with Gasteiger partial charge in [0.1, 0.15) is 16.7 Å². The van der Waals surface area contributed by atoms with Crippen molar-refractivity contribution in [1.82, 2.24) is 4.98 Å². The van der Waals surface area contributed by atoms with Crippen molar-refractivity contribution in [2.45, 2.75) is 0 Å². The molecule has 0 bridgehead atoms. The molecule has 0 N–H and O–H groups in total. The molecule has 8 aromatic carbocycles. The first-order valence-electron chi connectivity index (χ1n) is 18.0. The van der Waals surface area contributed by atoms with Crippen molar-refractivity contribution in [3.63, 3.8) is 0 Å². The van der Waals surface area contributed by atoms with Gasteiger partial charge in [0.15, 0.2) is 5.58 Å². The van der Waals surface area contributed by atoms with E-state index in [0.717, 1.165) is 61.2 Å². The number of aromatic nitrogens is 1. The summed E-state index contributed by atoms with van der Waals surface area (Å²) in [4.78, 5) is 7.58. The number of hydrogen-bond donors (Lipinski definition) is 0. The lowest BCUT2D eigenvalue weighted by Crippen LogP contribution is -2.11. The summed E-state index contributed by atoms with van der Waals surface area (Å²) in [5, 5.41) is 4.57. The fraction of sp³-hybridized carbons (Fsp3) is 0. The Bertz CT molecular complexity index is 3160. The molecule has 0 aliphatic carbocycles. The van der Waals surface area contributed by atoms with Gasteiger partial charge in [-0.05, 0) is 70.8 Å². The zero-order chi connectivity index (χ0) is 35.6. The lowest BCUT2D eigenvalue weighted by molar-refractivity contribution is 0.617. The summed E-state index contributed by atoms with van der Waals surface area (Å²) in [6.07, 6.45) is 0. The summed E-state index contributed by atoms with van der Waals surface area (Å²) in [5.74, 6) is 0.563. The maximum absolute atomic E-state index is 6.57. The second kappa shape index (κ2) is 12.3. The quantitative estimate of drug-likeness (QED) is 0.172. The van der Waals surface area contributed by atoms with E-state index in [1.165, 1.54) is 31.3 Å². The lowest BCUT2D eigenvalue weighted by Gasteiger charge is -2.27. The van der Waals surface area contributed by atoms with Crippen LogP contribution in [0, 0.1) is 0 Å². The van der Waals surface area contributed by atoms with Crippen LogP contribution in [0.3, 0.4) is 0 Å². The summed E-state index contributed by atoms with van der Waals surface area (Å²) in [6.45, 7) is 0. The van der Waals surface area contributed by atoms with Crippen molar-refractivity contribution in [3.8, 4) is 33.7 Å². The molecule has 0 spiro atoms. The number of benzene rings is 8. The van der Waals surface area contributed by atoms with Crippen molar-refractivity contribution in [2.75, 3.05) is 4.90 Å². The minimum absolute atomic E-state index is 0.563. The predicted molar refractivity (Wildman–Crippen MR) is 225 cm³/mol. The van der Waals surface area contributed by atoms with Gasteiger partial charge in [0.05, 0.1) is 11.1 Å². The van der Waals surface area contributed by atoms with E-state index in [0.29, 0.717) is 11.5 Å². The third-order valence-corrected chi connectivity index (χ3v) is 11.5. The van der Waals surface area contributed by atoms with Crippen molar-refractivity contribution < 1.29 is 8.83 Å². The Hall–Kier alpha value is -6.95. The molecule has 0 amide bonds. The smallest absolute Gasteiger partial charge is 0.227 e. The highest BCUT2D eigenvalue weighted by Gasteiger charge is 2.26. The molecule has 3 aromatic heterocycles. The Morgan fingerprint density at radius 2 is 1.11 bits per heavy atom. The third-order valence-electron chi connectivity index (χ3n) is 10.3. The second-order valence-electron chi connectivity index (χ2n) is 13.5. The molecule has 0 aliphatic rings. The Balaban J connectivity index is 1.19. The van der Waals surface area contributed by atoms with Gasteiger partial charge in [-0.15, -0.1) is 11.3 Å². The average Bonchev–Trinajstić information content (AvgIpc) is 3.95. The maximum Gasteiger partial charge on any atom is 0.227 e. The Kier molecular flexibility index (Phi) is 7.00. The first kappa shape index (κ1) is 30.7. The normalized spacial score (nSPS) is 11.7. The molecule has 0 atom stereocenters. The number of para-hydroxylation sites is 1. The molecular formula is C49H30N2O2S. The molecule has 0 saturated heterocycles. The fourth-order valence-electron chi connectivity index (χ4n) is 7.80. The second-order valence-corrected chi connectivity index (χ2v) is 14.6. The van der Waals surface area contributed by atoms with Crippen LogP contribution in [-0.4, -0.2) is 4.98 Å². The molecule has 0 saturated carbocycles. The van der Waals surface area contributed by atoms with Gasteiger partial charge in [0, 0.05) is 48.6 Å². The van der Waals surface area contributed by atoms with Crippen molar-refractivity contribution >= 4 is 81.6 Å². The molecule has 11 rings (SSSR count). The first-order valence-corrected chi connectivity index (χ1v) is 18.8. The van der Waals surface area contributed by atoms with E-state index in [2.05, 4.69) is 138 Å². The summed E-state index contributed by atoms with van der Waals surface area (Å²) >= 11 is 1.85. The number of hydrogen-bond acceptors (Lipinski definition) is 5. The Labute approximate surface area is 314 Å². The molecular weight excluding hydrogens is 681 g/mol. The van der Waals surface area contributed by atoms with E-state index in [1.54, 1.807) is 0 Å². The summed E-state index contributed by atoms with van der Waals surface area (Å²) < 4.78 is 15.7. The molecule has 11 aromatic rings. The van der Waals surface area contributed by atoms with Gasteiger partial charge in [-0.2, -0.15) is 0 Å². The molecule has 54 heavy (non-hydrogen) atoms. The highest BCUT2D eigenvalue weighted by Crippen LogP contribution is 2.49. The van der Waals surface area contributed by atoms with Crippen molar-refractivity contribution in [1.29, 1.82) is 0 Å². The fourth-order valence-corrected chi connectivity index (χ4v) is 9.04. The molecule has 5 heteroatoms. The van der Waals surface area contributed by atoms with Gasteiger partial charge in [-0.1, -0.05) is 127 Å². The van der Waals surface area contributed by atoms with E-state index in [1.807, 2.05) is 59.9 Å². The van der Waals surface area contributed by atoms with Gasteiger partial charge in [0.25, 0.3) is 0 Å². The minimum atomic E-state index is 0.563. The number of nitrogens with zero attached hydrogens (tertiary/aromatic N) is 2. The number of fused-ring (bicyclic) bond motifs is 7. The van der Waals surface area contributed by atoms with Crippen LogP contribution in [0.4, 0.5) is 17.1 Å². The molecule has 0 fully saturated rings. The molecule has 0 unspecified atom stereocenters. The standard InChI is InChI=1S/C49H30N2O2S/c1-3-13-31(14-4-1)32-25-27-35(28-26-32)51(36-18-11-17-34(29-36)37-21-12-22-39-38-19-8-10-24-44(38)54-48(37)39)47-45-40-20-7-9-23-41(40)52-42(45)30-43-46(47)50-49(53-43)33-15-5-2-6-16-33/h1-30H. The van der Waals surface area contributed by atoms with Crippen LogP contribution in [-0.2, 0) is 0 Å². The van der Waals surface area contributed by atoms with Gasteiger partial charge in [-0.3, -0.25) is 0 Å². The van der Waals surface area contributed by atoms with E-state index >= 15 is 0 Å². The zero-order valence-electron chi connectivity index (χ0n) is 28.9. The molecule has 254 valence electrons. The highest BCUT2D eigenvalue weighted by molar-refractivity contribution is 7.26.